The normalized spacial score (nSPS) is 10.7. The van der Waals surface area contributed by atoms with Crippen LogP contribution in [0.2, 0.25) is 0 Å². The minimum absolute atomic E-state index is 0.204. The molecule has 0 aliphatic heterocycles. The lowest BCUT2D eigenvalue weighted by atomic mass is 10.0. The zero-order valence-corrected chi connectivity index (χ0v) is 11.7. The van der Waals surface area contributed by atoms with Gasteiger partial charge < -0.3 is 10.1 Å². The average molecular weight is 261 g/mol. The predicted molar refractivity (Wildman–Crippen MR) is 75.6 cm³/mol. The summed E-state index contributed by atoms with van der Waals surface area (Å²) in [5.74, 6) is -0.699. The number of ether oxygens (including phenoxy) is 1. The molecular formula is C15H19NO3. The number of rotatable bonds is 3. The van der Waals surface area contributed by atoms with E-state index < -0.39 is 11.6 Å². The molecule has 0 aliphatic rings. The van der Waals surface area contributed by atoms with Crippen LogP contribution in [0.1, 0.15) is 33.3 Å². The number of amides is 1. The molecule has 1 rings (SSSR count). The molecule has 0 atom stereocenters. The Bertz CT molecular complexity index is 512. The number of para-hydroxylation sites is 1. The zero-order chi connectivity index (χ0) is 14.6. The molecule has 0 spiro atoms. The molecule has 0 saturated carbocycles. The largest absolute Gasteiger partial charge is 0.456 e. The lowest BCUT2D eigenvalue weighted by molar-refractivity contribution is -0.147. The Hall–Kier alpha value is -2.10. The van der Waals surface area contributed by atoms with Gasteiger partial charge in [0.15, 0.2) is 0 Å². The predicted octanol–water partition coefficient (Wildman–Crippen LogP) is 3.00. The van der Waals surface area contributed by atoms with Gasteiger partial charge >= 0.3 is 5.97 Å². The van der Waals surface area contributed by atoms with Crippen LogP contribution in [-0.2, 0) is 14.3 Å². The van der Waals surface area contributed by atoms with Crippen molar-refractivity contribution in [2.24, 2.45) is 0 Å². The lowest BCUT2D eigenvalue weighted by Crippen LogP contribution is -2.24. The molecule has 0 aromatic heterocycles. The fraction of sp³-hybridized carbons (Fsp3) is 0.333. The SMILES string of the molecule is C=C(C(=O)OC(C)(C)C)c1ccccc1NC(C)=O. The first-order chi connectivity index (χ1) is 8.70. The second-order valence-electron chi connectivity index (χ2n) is 5.21. The smallest absolute Gasteiger partial charge is 0.338 e. The highest BCUT2D eigenvalue weighted by Gasteiger charge is 2.21. The average Bonchev–Trinajstić information content (AvgIpc) is 2.25. The van der Waals surface area contributed by atoms with E-state index in [-0.39, 0.29) is 11.5 Å². The molecule has 0 unspecified atom stereocenters. The molecule has 0 fully saturated rings. The quantitative estimate of drug-likeness (QED) is 0.672. The van der Waals surface area contributed by atoms with E-state index in [1.54, 1.807) is 45.0 Å². The summed E-state index contributed by atoms with van der Waals surface area (Å²) in [4.78, 5) is 23.1. The Morgan fingerprint density at radius 2 is 1.79 bits per heavy atom. The van der Waals surface area contributed by atoms with Crippen LogP contribution in [0.15, 0.2) is 30.8 Å². The van der Waals surface area contributed by atoms with E-state index in [4.69, 9.17) is 4.74 Å². The van der Waals surface area contributed by atoms with Gasteiger partial charge in [-0.05, 0) is 26.8 Å². The molecule has 19 heavy (non-hydrogen) atoms. The van der Waals surface area contributed by atoms with Gasteiger partial charge in [0.1, 0.15) is 5.60 Å². The van der Waals surface area contributed by atoms with Crippen LogP contribution in [0, 0.1) is 0 Å². The Labute approximate surface area is 113 Å². The van der Waals surface area contributed by atoms with Crippen molar-refractivity contribution in [2.75, 3.05) is 5.32 Å². The summed E-state index contributed by atoms with van der Waals surface area (Å²) in [6.07, 6.45) is 0. The monoisotopic (exact) mass is 261 g/mol. The van der Waals surface area contributed by atoms with Gasteiger partial charge in [-0.3, -0.25) is 4.79 Å². The van der Waals surface area contributed by atoms with E-state index in [0.29, 0.717) is 11.3 Å². The number of nitrogens with one attached hydrogen (secondary N) is 1. The standard InChI is InChI=1S/C15H19NO3/c1-10(14(18)19-15(3,4)5)12-8-6-7-9-13(12)16-11(2)17/h6-9H,1H2,2-5H3,(H,16,17). The first-order valence-corrected chi connectivity index (χ1v) is 6.00. The van der Waals surface area contributed by atoms with Crippen LogP contribution in [0.4, 0.5) is 5.69 Å². The molecule has 0 saturated heterocycles. The van der Waals surface area contributed by atoms with Crippen molar-refractivity contribution in [1.82, 2.24) is 0 Å². The minimum atomic E-state index is -0.580. The van der Waals surface area contributed by atoms with Crippen LogP contribution in [-0.4, -0.2) is 17.5 Å². The minimum Gasteiger partial charge on any atom is -0.456 e. The summed E-state index contributed by atoms with van der Waals surface area (Å²) < 4.78 is 5.26. The van der Waals surface area contributed by atoms with Crippen LogP contribution < -0.4 is 5.32 Å². The third-order valence-corrected chi connectivity index (χ3v) is 2.21. The molecule has 0 radical (unpaired) electrons. The third kappa shape index (κ3) is 4.58. The molecular weight excluding hydrogens is 242 g/mol. The second kappa shape index (κ2) is 5.69. The molecule has 4 nitrogen and oxygen atoms in total. The van der Waals surface area contributed by atoms with Crippen molar-refractivity contribution in [3.8, 4) is 0 Å². The van der Waals surface area contributed by atoms with Crippen molar-refractivity contribution >= 4 is 23.1 Å². The number of benzene rings is 1. The van der Waals surface area contributed by atoms with Crippen LogP contribution in [0.3, 0.4) is 0 Å². The maximum absolute atomic E-state index is 12.0. The Kier molecular flexibility index (Phi) is 4.48. The Morgan fingerprint density at radius 3 is 2.32 bits per heavy atom. The van der Waals surface area contributed by atoms with Crippen molar-refractivity contribution in [1.29, 1.82) is 0 Å². The van der Waals surface area contributed by atoms with Crippen LogP contribution in [0.25, 0.3) is 5.57 Å². The van der Waals surface area contributed by atoms with Crippen LogP contribution in [0.5, 0.6) is 0 Å². The van der Waals surface area contributed by atoms with Gasteiger partial charge in [0, 0.05) is 18.2 Å². The molecule has 0 bridgehead atoms. The Morgan fingerprint density at radius 1 is 1.21 bits per heavy atom. The molecule has 4 heteroatoms. The first-order valence-electron chi connectivity index (χ1n) is 6.00. The van der Waals surface area contributed by atoms with Crippen molar-refractivity contribution in [2.45, 2.75) is 33.3 Å². The summed E-state index contributed by atoms with van der Waals surface area (Å²) in [6, 6.07) is 6.98. The first kappa shape index (κ1) is 15.0. The van der Waals surface area contributed by atoms with E-state index in [2.05, 4.69) is 11.9 Å². The maximum atomic E-state index is 12.0. The van der Waals surface area contributed by atoms with Gasteiger partial charge in [-0.15, -0.1) is 0 Å². The van der Waals surface area contributed by atoms with Crippen molar-refractivity contribution < 1.29 is 14.3 Å². The number of carbonyl (C=O) groups excluding carboxylic acids is 2. The van der Waals surface area contributed by atoms with Gasteiger partial charge in [0.05, 0.1) is 5.57 Å². The fourth-order valence-electron chi connectivity index (χ4n) is 1.49. The van der Waals surface area contributed by atoms with E-state index >= 15 is 0 Å². The summed E-state index contributed by atoms with van der Waals surface area (Å²) in [5, 5.41) is 2.66. The zero-order valence-electron chi connectivity index (χ0n) is 11.7. The second-order valence-corrected chi connectivity index (χ2v) is 5.21. The fourth-order valence-corrected chi connectivity index (χ4v) is 1.49. The van der Waals surface area contributed by atoms with Crippen LogP contribution >= 0.6 is 0 Å². The van der Waals surface area contributed by atoms with Gasteiger partial charge in [0.2, 0.25) is 5.91 Å². The topological polar surface area (TPSA) is 55.4 Å². The van der Waals surface area contributed by atoms with E-state index in [9.17, 15) is 9.59 Å². The Balaban J connectivity index is 2.99. The summed E-state index contributed by atoms with van der Waals surface area (Å²) >= 11 is 0. The molecule has 0 aliphatic carbocycles. The van der Waals surface area contributed by atoms with Gasteiger partial charge in [0.25, 0.3) is 0 Å². The van der Waals surface area contributed by atoms with Crippen molar-refractivity contribution in [3.63, 3.8) is 0 Å². The number of hydrogen-bond acceptors (Lipinski definition) is 3. The number of anilines is 1. The van der Waals surface area contributed by atoms with Gasteiger partial charge in [-0.1, -0.05) is 24.8 Å². The van der Waals surface area contributed by atoms with Crippen molar-refractivity contribution in [3.05, 3.63) is 36.4 Å². The molecule has 0 heterocycles. The van der Waals surface area contributed by atoms with E-state index in [1.165, 1.54) is 6.92 Å². The van der Waals surface area contributed by atoms with Gasteiger partial charge in [-0.2, -0.15) is 0 Å². The molecule has 1 aromatic rings. The summed E-state index contributed by atoms with van der Waals surface area (Å²) in [7, 11) is 0. The highest BCUT2D eigenvalue weighted by molar-refractivity contribution is 6.18. The summed E-state index contributed by atoms with van der Waals surface area (Å²) in [5.41, 5.74) is 0.750. The molecule has 1 N–H and O–H groups in total. The lowest BCUT2D eigenvalue weighted by Gasteiger charge is -2.21. The molecule has 1 amide bonds. The number of carbonyl (C=O) groups is 2. The molecule has 1 aromatic carbocycles. The van der Waals surface area contributed by atoms with Gasteiger partial charge in [-0.25, -0.2) is 4.79 Å². The number of esters is 1. The highest BCUT2D eigenvalue weighted by atomic mass is 16.6. The van der Waals surface area contributed by atoms with E-state index in [0.717, 1.165) is 0 Å². The maximum Gasteiger partial charge on any atom is 0.338 e. The summed E-state index contributed by atoms with van der Waals surface area (Å²) in [6.45, 7) is 10.5. The third-order valence-electron chi connectivity index (χ3n) is 2.21. The number of hydrogen-bond donors (Lipinski definition) is 1. The highest BCUT2D eigenvalue weighted by Crippen LogP contribution is 2.25. The molecule has 102 valence electrons. The van der Waals surface area contributed by atoms with E-state index in [1.807, 2.05) is 0 Å².